The number of piperidine rings is 1. The maximum atomic E-state index is 3.73. The molecule has 17 heavy (non-hydrogen) atoms. The summed E-state index contributed by atoms with van der Waals surface area (Å²) in [6.07, 6.45) is 4.04. The summed E-state index contributed by atoms with van der Waals surface area (Å²) in [4.78, 5) is 5.02. The molecule has 2 aliphatic rings. The second-order valence-electron chi connectivity index (χ2n) is 6.76. The van der Waals surface area contributed by atoms with Crippen molar-refractivity contribution in [1.82, 2.24) is 15.1 Å². The zero-order valence-corrected chi connectivity index (χ0v) is 12.0. The van der Waals surface area contributed by atoms with Gasteiger partial charge in [0, 0.05) is 25.2 Å². The Morgan fingerprint density at radius 2 is 2.12 bits per heavy atom. The van der Waals surface area contributed by atoms with Gasteiger partial charge >= 0.3 is 0 Å². The molecule has 0 bridgehead atoms. The highest BCUT2D eigenvalue weighted by molar-refractivity contribution is 4.92. The first-order valence-electron chi connectivity index (χ1n) is 7.11. The first-order valence-corrected chi connectivity index (χ1v) is 7.11. The second-order valence-corrected chi connectivity index (χ2v) is 6.76. The lowest BCUT2D eigenvalue weighted by atomic mass is 9.77. The molecule has 0 radical (unpaired) electrons. The molecule has 2 saturated heterocycles. The molecule has 0 spiro atoms. The molecular formula is C14H29N3. The predicted octanol–water partition coefficient (Wildman–Crippen LogP) is 1.40. The van der Waals surface area contributed by atoms with Crippen LogP contribution in [0.15, 0.2) is 0 Å². The first kappa shape index (κ1) is 13.3. The van der Waals surface area contributed by atoms with Gasteiger partial charge in [-0.1, -0.05) is 13.8 Å². The van der Waals surface area contributed by atoms with Gasteiger partial charge in [-0.3, -0.25) is 0 Å². The van der Waals surface area contributed by atoms with E-state index in [0.29, 0.717) is 11.5 Å². The average Bonchev–Trinajstić information content (AvgIpc) is 2.70. The Morgan fingerprint density at radius 1 is 1.35 bits per heavy atom. The maximum absolute atomic E-state index is 3.73. The zero-order valence-electron chi connectivity index (χ0n) is 12.0. The van der Waals surface area contributed by atoms with Crippen molar-refractivity contribution in [2.24, 2.45) is 5.41 Å². The van der Waals surface area contributed by atoms with Gasteiger partial charge < -0.3 is 15.1 Å². The third-order valence-corrected chi connectivity index (χ3v) is 4.75. The monoisotopic (exact) mass is 239 g/mol. The highest BCUT2D eigenvalue weighted by Crippen LogP contribution is 2.31. The summed E-state index contributed by atoms with van der Waals surface area (Å²) < 4.78 is 0. The third kappa shape index (κ3) is 3.21. The SMILES string of the molecule is CN(C)C1CCN(CC2NCCCC2(C)C)C1. The molecule has 2 heterocycles. The molecule has 0 aromatic rings. The molecule has 2 fully saturated rings. The van der Waals surface area contributed by atoms with Gasteiger partial charge in [-0.15, -0.1) is 0 Å². The van der Waals surface area contributed by atoms with Crippen LogP contribution in [0.25, 0.3) is 0 Å². The predicted molar refractivity (Wildman–Crippen MR) is 73.3 cm³/mol. The van der Waals surface area contributed by atoms with Gasteiger partial charge in [0.25, 0.3) is 0 Å². The summed E-state index contributed by atoms with van der Waals surface area (Å²) in [7, 11) is 4.41. The van der Waals surface area contributed by atoms with Gasteiger partial charge in [0.15, 0.2) is 0 Å². The van der Waals surface area contributed by atoms with Crippen LogP contribution in [-0.2, 0) is 0 Å². The van der Waals surface area contributed by atoms with Crippen molar-refractivity contribution >= 4 is 0 Å². The quantitative estimate of drug-likeness (QED) is 0.803. The molecule has 100 valence electrons. The Balaban J connectivity index is 1.85. The second kappa shape index (κ2) is 5.25. The molecule has 0 aliphatic carbocycles. The molecule has 2 atom stereocenters. The molecule has 2 aliphatic heterocycles. The normalized spacial score (nSPS) is 34.4. The number of nitrogens with zero attached hydrogens (tertiary/aromatic N) is 2. The van der Waals surface area contributed by atoms with Gasteiger partial charge in [-0.25, -0.2) is 0 Å². The Morgan fingerprint density at radius 3 is 2.71 bits per heavy atom. The van der Waals surface area contributed by atoms with Crippen molar-refractivity contribution < 1.29 is 0 Å². The van der Waals surface area contributed by atoms with Crippen LogP contribution in [0.1, 0.15) is 33.1 Å². The van der Waals surface area contributed by atoms with E-state index in [9.17, 15) is 0 Å². The van der Waals surface area contributed by atoms with Crippen LogP contribution in [0.2, 0.25) is 0 Å². The molecule has 3 heteroatoms. The number of hydrogen-bond acceptors (Lipinski definition) is 3. The average molecular weight is 239 g/mol. The van der Waals surface area contributed by atoms with Crippen LogP contribution in [0.4, 0.5) is 0 Å². The molecule has 3 nitrogen and oxygen atoms in total. The Kier molecular flexibility index (Phi) is 4.11. The van der Waals surface area contributed by atoms with Crippen molar-refractivity contribution in [2.75, 3.05) is 40.3 Å². The van der Waals surface area contributed by atoms with Crippen LogP contribution in [0.3, 0.4) is 0 Å². The number of hydrogen-bond donors (Lipinski definition) is 1. The third-order valence-electron chi connectivity index (χ3n) is 4.75. The number of likely N-dealkylation sites (N-methyl/N-ethyl adjacent to an activating group) is 1. The molecular weight excluding hydrogens is 210 g/mol. The molecule has 2 rings (SSSR count). The zero-order chi connectivity index (χ0) is 12.5. The maximum Gasteiger partial charge on any atom is 0.0246 e. The lowest BCUT2D eigenvalue weighted by molar-refractivity contribution is 0.134. The molecule has 0 aromatic carbocycles. The van der Waals surface area contributed by atoms with Crippen molar-refractivity contribution in [3.05, 3.63) is 0 Å². The summed E-state index contributed by atoms with van der Waals surface area (Å²) in [5.41, 5.74) is 0.467. The van der Waals surface area contributed by atoms with E-state index in [2.05, 4.69) is 43.1 Å². The molecule has 0 aromatic heterocycles. The Labute approximate surface area is 107 Å². The lowest BCUT2D eigenvalue weighted by Crippen LogP contribution is -2.52. The van der Waals surface area contributed by atoms with Gasteiger partial charge in [0.05, 0.1) is 0 Å². The van der Waals surface area contributed by atoms with Crippen LogP contribution in [0.5, 0.6) is 0 Å². The standard InChI is InChI=1S/C14H29N3/c1-14(2)7-5-8-15-13(14)11-17-9-6-12(10-17)16(3)4/h12-13,15H,5-11H2,1-4H3. The fourth-order valence-corrected chi connectivity index (χ4v) is 3.24. The van der Waals surface area contributed by atoms with Gasteiger partial charge in [-0.05, 0) is 51.9 Å². The highest BCUT2D eigenvalue weighted by atomic mass is 15.2. The summed E-state index contributed by atoms with van der Waals surface area (Å²) in [6, 6.07) is 1.44. The van der Waals surface area contributed by atoms with E-state index < -0.39 is 0 Å². The molecule has 0 amide bonds. The lowest BCUT2D eigenvalue weighted by Gasteiger charge is -2.41. The van der Waals surface area contributed by atoms with Crippen molar-refractivity contribution in [1.29, 1.82) is 0 Å². The number of rotatable bonds is 3. The van der Waals surface area contributed by atoms with E-state index in [0.717, 1.165) is 6.04 Å². The fourth-order valence-electron chi connectivity index (χ4n) is 3.24. The number of likely N-dealkylation sites (tertiary alicyclic amines) is 1. The van der Waals surface area contributed by atoms with E-state index in [1.54, 1.807) is 0 Å². The minimum absolute atomic E-state index is 0.467. The van der Waals surface area contributed by atoms with E-state index in [-0.39, 0.29) is 0 Å². The Bertz CT molecular complexity index is 250. The van der Waals surface area contributed by atoms with Gasteiger partial charge in [-0.2, -0.15) is 0 Å². The highest BCUT2D eigenvalue weighted by Gasteiger charge is 2.34. The van der Waals surface area contributed by atoms with Crippen molar-refractivity contribution in [3.8, 4) is 0 Å². The molecule has 1 N–H and O–H groups in total. The minimum atomic E-state index is 0.467. The van der Waals surface area contributed by atoms with E-state index in [1.807, 2.05) is 0 Å². The van der Waals surface area contributed by atoms with E-state index in [1.165, 1.54) is 45.4 Å². The van der Waals surface area contributed by atoms with E-state index >= 15 is 0 Å². The smallest absolute Gasteiger partial charge is 0.0246 e. The first-order chi connectivity index (χ1) is 7.99. The Hall–Kier alpha value is -0.120. The van der Waals surface area contributed by atoms with Crippen LogP contribution in [0, 0.1) is 5.41 Å². The summed E-state index contributed by atoms with van der Waals surface area (Å²) in [6.45, 7) is 9.81. The van der Waals surface area contributed by atoms with Gasteiger partial charge in [0.1, 0.15) is 0 Å². The van der Waals surface area contributed by atoms with Crippen molar-refractivity contribution in [2.45, 2.75) is 45.2 Å². The van der Waals surface area contributed by atoms with Crippen LogP contribution < -0.4 is 5.32 Å². The summed E-state index contributed by atoms with van der Waals surface area (Å²) >= 11 is 0. The largest absolute Gasteiger partial charge is 0.312 e. The summed E-state index contributed by atoms with van der Waals surface area (Å²) in [5.74, 6) is 0. The molecule has 2 unspecified atom stereocenters. The van der Waals surface area contributed by atoms with Crippen molar-refractivity contribution in [3.63, 3.8) is 0 Å². The van der Waals surface area contributed by atoms with Gasteiger partial charge in [0.2, 0.25) is 0 Å². The molecule has 0 saturated carbocycles. The summed E-state index contributed by atoms with van der Waals surface area (Å²) in [5, 5.41) is 3.73. The number of nitrogens with one attached hydrogen (secondary N) is 1. The minimum Gasteiger partial charge on any atom is -0.312 e. The topological polar surface area (TPSA) is 18.5 Å². The van der Waals surface area contributed by atoms with Crippen LogP contribution in [-0.4, -0.2) is 62.2 Å². The fraction of sp³-hybridized carbons (Fsp3) is 1.00. The van der Waals surface area contributed by atoms with E-state index in [4.69, 9.17) is 0 Å². The van der Waals surface area contributed by atoms with Crippen LogP contribution >= 0.6 is 0 Å².